The van der Waals surface area contributed by atoms with Crippen molar-refractivity contribution in [1.82, 2.24) is 19.9 Å². The number of thiazole rings is 1. The van der Waals surface area contributed by atoms with E-state index in [1.54, 1.807) is 11.3 Å². The topological polar surface area (TPSA) is 42.7 Å². The molecule has 0 radical (unpaired) electrons. The molecule has 0 spiro atoms. The van der Waals surface area contributed by atoms with Crippen LogP contribution in [0.5, 0.6) is 0 Å². The highest BCUT2D eigenvalue weighted by Gasteiger charge is 2.16. The number of hydrogen-bond acceptors (Lipinski definition) is 4. The predicted octanol–water partition coefficient (Wildman–Crippen LogP) is 2.39. The highest BCUT2D eigenvalue weighted by molar-refractivity contribution is 7.11. The van der Waals surface area contributed by atoms with Crippen LogP contribution in [0.25, 0.3) is 0 Å². The number of rotatable bonds is 5. The maximum Gasteiger partial charge on any atom is 0.108 e. The monoisotopic (exact) mass is 264 g/mol. The molecule has 4 nitrogen and oxygen atoms in total. The van der Waals surface area contributed by atoms with Crippen LogP contribution in [0.4, 0.5) is 0 Å². The lowest BCUT2D eigenvalue weighted by Gasteiger charge is -2.14. The fourth-order valence-electron chi connectivity index (χ4n) is 2.19. The summed E-state index contributed by atoms with van der Waals surface area (Å²) in [6.45, 7) is 4.15. The molecule has 2 aromatic rings. The molecular weight excluding hydrogens is 244 g/mol. The van der Waals surface area contributed by atoms with Gasteiger partial charge in [-0.3, -0.25) is 0 Å². The number of imidazole rings is 1. The number of hydrogen-bond donors (Lipinski definition) is 1. The Morgan fingerprint density at radius 3 is 2.72 bits per heavy atom. The fraction of sp³-hybridized carbons (Fsp3) is 0.538. The van der Waals surface area contributed by atoms with E-state index in [4.69, 9.17) is 0 Å². The van der Waals surface area contributed by atoms with Crippen molar-refractivity contribution in [3.63, 3.8) is 0 Å². The van der Waals surface area contributed by atoms with Crippen molar-refractivity contribution < 1.29 is 0 Å². The van der Waals surface area contributed by atoms with E-state index in [0.717, 1.165) is 29.4 Å². The van der Waals surface area contributed by atoms with Crippen LogP contribution in [0.15, 0.2) is 12.4 Å². The molecule has 0 aliphatic rings. The first-order valence-corrected chi connectivity index (χ1v) is 7.01. The average Bonchev–Trinajstić information content (AvgIpc) is 2.87. The van der Waals surface area contributed by atoms with Gasteiger partial charge >= 0.3 is 0 Å². The number of nitrogens with one attached hydrogen (secondary N) is 1. The lowest BCUT2D eigenvalue weighted by molar-refractivity contribution is 0.540. The zero-order valence-corrected chi connectivity index (χ0v) is 12.2. The van der Waals surface area contributed by atoms with Crippen LogP contribution in [-0.2, 0) is 13.5 Å². The van der Waals surface area contributed by atoms with E-state index in [0.29, 0.717) is 6.04 Å². The Labute approximate surface area is 112 Å². The van der Waals surface area contributed by atoms with Crippen LogP contribution in [0.1, 0.15) is 33.9 Å². The Hall–Kier alpha value is -1.20. The quantitative estimate of drug-likeness (QED) is 0.901. The van der Waals surface area contributed by atoms with E-state index in [2.05, 4.69) is 33.7 Å². The van der Waals surface area contributed by atoms with Crippen LogP contribution >= 0.6 is 11.3 Å². The maximum atomic E-state index is 4.50. The molecule has 0 aliphatic carbocycles. The van der Waals surface area contributed by atoms with Gasteiger partial charge in [0.25, 0.3) is 0 Å². The van der Waals surface area contributed by atoms with Gasteiger partial charge in [-0.25, -0.2) is 9.97 Å². The molecule has 0 saturated carbocycles. The van der Waals surface area contributed by atoms with Crippen molar-refractivity contribution in [1.29, 1.82) is 0 Å². The first kappa shape index (κ1) is 13.2. The van der Waals surface area contributed by atoms with Crippen molar-refractivity contribution in [2.24, 2.45) is 7.05 Å². The highest BCUT2D eigenvalue weighted by Crippen LogP contribution is 2.27. The molecule has 0 aromatic carbocycles. The Balaban J connectivity index is 2.06. The molecule has 1 N–H and O–H groups in total. The molecule has 18 heavy (non-hydrogen) atoms. The van der Waals surface area contributed by atoms with Gasteiger partial charge in [0.05, 0.1) is 10.7 Å². The first-order chi connectivity index (χ1) is 8.61. The van der Waals surface area contributed by atoms with Crippen LogP contribution < -0.4 is 5.32 Å². The summed E-state index contributed by atoms with van der Waals surface area (Å²) in [4.78, 5) is 10.2. The minimum atomic E-state index is 0.368. The molecule has 1 unspecified atom stereocenters. The summed E-state index contributed by atoms with van der Waals surface area (Å²) >= 11 is 1.79. The number of aromatic nitrogens is 3. The van der Waals surface area contributed by atoms with Crippen LogP contribution in [0, 0.1) is 13.8 Å². The summed E-state index contributed by atoms with van der Waals surface area (Å²) in [5.41, 5.74) is 1.15. The van der Waals surface area contributed by atoms with Crippen LogP contribution in [0.2, 0.25) is 0 Å². The molecule has 2 aromatic heterocycles. The van der Waals surface area contributed by atoms with Gasteiger partial charge in [0.15, 0.2) is 0 Å². The van der Waals surface area contributed by atoms with Gasteiger partial charge in [-0.05, 0) is 27.3 Å². The summed E-state index contributed by atoms with van der Waals surface area (Å²) in [6.07, 6.45) is 5.87. The molecule has 0 amide bonds. The Bertz CT molecular complexity index is 515. The Morgan fingerprint density at radius 2 is 2.22 bits per heavy atom. The van der Waals surface area contributed by atoms with Gasteiger partial charge in [-0.2, -0.15) is 0 Å². The standard InChI is InChI=1S/C13H20N4S/c1-9-13(18-10(2)16-9)11(14-3)5-6-12-15-7-8-17(12)4/h7-8,11,14H,5-6H2,1-4H3. The van der Waals surface area contributed by atoms with Gasteiger partial charge in [-0.15, -0.1) is 11.3 Å². The number of nitrogens with zero attached hydrogens (tertiary/aromatic N) is 3. The van der Waals surface area contributed by atoms with Crippen molar-refractivity contribution in [2.45, 2.75) is 32.7 Å². The molecule has 2 heterocycles. The fourth-order valence-corrected chi connectivity index (χ4v) is 3.26. The van der Waals surface area contributed by atoms with Crippen LogP contribution in [-0.4, -0.2) is 21.6 Å². The normalized spacial score (nSPS) is 12.9. The molecule has 0 aliphatic heterocycles. The van der Waals surface area contributed by atoms with Gasteiger partial charge in [0, 0.05) is 36.8 Å². The van der Waals surface area contributed by atoms with Crippen molar-refractivity contribution >= 4 is 11.3 Å². The SMILES string of the molecule is CNC(CCc1nccn1C)c1sc(C)nc1C. The zero-order valence-electron chi connectivity index (χ0n) is 11.4. The maximum absolute atomic E-state index is 4.50. The van der Waals surface area contributed by atoms with Gasteiger partial charge < -0.3 is 9.88 Å². The molecule has 1 atom stereocenters. The Kier molecular flexibility index (Phi) is 4.14. The lowest BCUT2D eigenvalue weighted by atomic mass is 10.1. The molecule has 5 heteroatoms. The second kappa shape index (κ2) is 5.63. The minimum absolute atomic E-state index is 0.368. The van der Waals surface area contributed by atoms with Gasteiger partial charge in [0.1, 0.15) is 5.82 Å². The van der Waals surface area contributed by atoms with Crippen molar-refractivity contribution in [3.05, 3.63) is 33.8 Å². The van der Waals surface area contributed by atoms with E-state index < -0.39 is 0 Å². The summed E-state index contributed by atoms with van der Waals surface area (Å²) in [5, 5.41) is 4.53. The second-order valence-corrected chi connectivity index (χ2v) is 5.75. The second-order valence-electron chi connectivity index (χ2n) is 4.52. The average molecular weight is 264 g/mol. The molecule has 2 rings (SSSR count). The van der Waals surface area contributed by atoms with E-state index >= 15 is 0 Å². The van der Waals surface area contributed by atoms with Crippen LogP contribution in [0.3, 0.4) is 0 Å². The predicted molar refractivity (Wildman–Crippen MR) is 74.9 cm³/mol. The van der Waals surface area contributed by atoms with Gasteiger partial charge in [-0.1, -0.05) is 0 Å². The molecule has 0 saturated heterocycles. The summed E-state index contributed by atoms with van der Waals surface area (Å²) in [7, 11) is 4.05. The lowest BCUT2D eigenvalue weighted by Crippen LogP contribution is -2.17. The van der Waals surface area contributed by atoms with E-state index in [1.165, 1.54) is 4.88 Å². The third kappa shape index (κ3) is 2.79. The molecule has 0 fully saturated rings. The molecule has 0 bridgehead atoms. The Morgan fingerprint density at radius 1 is 1.44 bits per heavy atom. The number of aryl methyl sites for hydroxylation is 4. The minimum Gasteiger partial charge on any atom is -0.338 e. The van der Waals surface area contributed by atoms with E-state index in [9.17, 15) is 0 Å². The largest absolute Gasteiger partial charge is 0.338 e. The first-order valence-electron chi connectivity index (χ1n) is 6.19. The zero-order chi connectivity index (χ0) is 13.1. The van der Waals surface area contributed by atoms with E-state index in [-0.39, 0.29) is 0 Å². The summed E-state index contributed by atoms with van der Waals surface area (Å²) in [5.74, 6) is 1.13. The van der Waals surface area contributed by atoms with Gasteiger partial charge in [0.2, 0.25) is 0 Å². The molecule has 98 valence electrons. The highest BCUT2D eigenvalue weighted by atomic mass is 32.1. The third-order valence-corrected chi connectivity index (χ3v) is 4.37. The summed E-state index contributed by atoms with van der Waals surface area (Å²) < 4.78 is 2.08. The third-order valence-electron chi connectivity index (χ3n) is 3.18. The van der Waals surface area contributed by atoms with Crippen molar-refractivity contribution in [3.8, 4) is 0 Å². The smallest absolute Gasteiger partial charge is 0.108 e. The van der Waals surface area contributed by atoms with E-state index in [1.807, 2.05) is 26.5 Å². The summed E-state index contributed by atoms with van der Waals surface area (Å²) in [6, 6.07) is 0.368. The van der Waals surface area contributed by atoms with Crippen molar-refractivity contribution in [2.75, 3.05) is 7.05 Å². The molecular formula is C13H20N4S.